The summed E-state index contributed by atoms with van der Waals surface area (Å²) in [5, 5.41) is 8.00. The minimum atomic E-state index is 0.267. The molecule has 0 aromatic carbocycles. The Morgan fingerprint density at radius 2 is 2.17 bits per heavy atom. The van der Waals surface area contributed by atoms with Crippen LogP contribution in [0.3, 0.4) is 0 Å². The molecule has 0 unspecified atom stereocenters. The Kier molecular flexibility index (Phi) is 4.66. The number of hydrogen-bond donors (Lipinski definition) is 2. The molecule has 5 heteroatoms. The highest BCUT2D eigenvalue weighted by atomic mass is 127. The smallest absolute Gasteiger partial charge is 0.151 e. The van der Waals surface area contributed by atoms with Crippen LogP contribution in [0.15, 0.2) is 0 Å². The number of amidine groups is 1. The molecule has 1 fully saturated rings. The third kappa shape index (κ3) is 3.49. The van der Waals surface area contributed by atoms with Gasteiger partial charge in [-0.25, -0.2) is 0 Å². The molecule has 1 saturated heterocycles. The predicted octanol–water partition coefficient (Wildman–Crippen LogP) is 1.47. The number of nitrogens with zero attached hydrogens (tertiary/aromatic N) is 1. The molecule has 0 bridgehead atoms. The van der Waals surface area contributed by atoms with E-state index >= 15 is 0 Å². The van der Waals surface area contributed by atoms with E-state index < -0.39 is 0 Å². The van der Waals surface area contributed by atoms with Crippen molar-refractivity contribution < 1.29 is 0 Å². The fraction of sp³-hybridized carbons (Fsp3) is 0.857. The molecule has 0 aromatic rings. The number of piperidine rings is 1. The summed E-state index contributed by atoms with van der Waals surface area (Å²) in [5.41, 5.74) is 5.32. The summed E-state index contributed by atoms with van der Waals surface area (Å²) in [7, 11) is 0. The number of nitrogens with one attached hydrogen (secondary N) is 1. The van der Waals surface area contributed by atoms with E-state index in [1.54, 1.807) is 0 Å². The zero-order valence-electron chi connectivity index (χ0n) is 6.92. The molecule has 0 saturated carbocycles. The van der Waals surface area contributed by atoms with Gasteiger partial charge in [0.2, 0.25) is 0 Å². The van der Waals surface area contributed by atoms with E-state index in [1.807, 2.05) is 0 Å². The standard InChI is InChI=1S/C7H14IN3S/c8-5-11-3-1-6(2-4-11)12-7(9)10/h6H,1-5H2,(H3,9,10). The van der Waals surface area contributed by atoms with E-state index in [1.165, 1.54) is 24.6 Å². The molecule has 0 spiro atoms. The molecular formula is C7H14IN3S. The van der Waals surface area contributed by atoms with Crippen molar-refractivity contribution in [2.45, 2.75) is 18.1 Å². The van der Waals surface area contributed by atoms with Gasteiger partial charge in [-0.2, -0.15) is 0 Å². The maximum atomic E-state index is 7.15. The van der Waals surface area contributed by atoms with Crippen molar-refractivity contribution in [1.82, 2.24) is 4.90 Å². The molecule has 0 aliphatic carbocycles. The summed E-state index contributed by atoms with van der Waals surface area (Å²) in [5.74, 6) is 0. The van der Waals surface area contributed by atoms with Crippen LogP contribution in [0.4, 0.5) is 0 Å². The first-order valence-corrected chi connectivity index (χ1v) is 6.42. The van der Waals surface area contributed by atoms with Crippen LogP contribution < -0.4 is 5.73 Å². The summed E-state index contributed by atoms with van der Waals surface area (Å²) in [6.45, 7) is 2.32. The summed E-state index contributed by atoms with van der Waals surface area (Å²) in [6.07, 6.45) is 2.35. The fourth-order valence-corrected chi connectivity index (χ4v) is 2.81. The first-order valence-electron chi connectivity index (χ1n) is 4.01. The zero-order valence-corrected chi connectivity index (χ0v) is 9.90. The number of nitrogens with two attached hydrogens (primary N) is 1. The lowest BCUT2D eigenvalue weighted by atomic mass is 10.1. The van der Waals surface area contributed by atoms with Gasteiger partial charge >= 0.3 is 0 Å². The average molecular weight is 299 g/mol. The van der Waals surface area contributed by atoms with E-state index in [0.717, 1.165) is 17.6 Å². The third-order valence-corrected chi connectivity index (χ3v) is 4.02. The maximum Gasteiger partial charge on any atom is 0.151 e. The Hall–Kier alpha value is 0.510. The van der Waals surface area contributed by atoms with Gasteiger partial charge in [0.05, 0.1) is 4.55 Å². The largest absolute Gasteiger partial charge is 0.379 e. The van der Waals surface area contributed by atoms with Crippen LogP contribution in [0.25, 0.3) is 0 Å². The van der Waals surface area contributed by atoms with Crippen LogP contribution in [0.5, 0.6) is 0 Å². The van der Waals surface area contributed by atoms with Gasteiger partial charge in [0.25, 0.3) is 0 Å². The van der Waals surface area contributed by atoms with Crippen LogP contribution in [0.2, 0.25) is 0 Å². The molecule has 1 heterocycles. The van der Waals surface area contributed by atoms with Gasteiger partial charge in [0.15, 0.2) is 5.17 Å². The topological polar surface area (TPSA) is 53.1 Å². The number of halogens is 1. The number of alkyl halides is 1. The Labute approximate surface area is 91.1 Å². The molecule has 3 nitrogen and oxygen atoms in total. The van der Waals surface area contributed by atoms with Gasteiger partial charge in [0.1, 0.15) is 0 Å². The SMILES string of the molecule is N=C(N)SC1CCN(CI)CC1. The Bertz CT molecular complexity index is 157. The molecular weight excluding hydrogens is 285 g/mol. The second kappa shape index (κ2) is 5.29. The first-order chi connectivity index (χ1) is 5.72. The number of thioether (sulfide) groups is 1. The molecule has 1 rings (SSSR count). The molecule has 3 N–H and O–H groups in total. The number of rotatable bonds is 2. The van der Waals surface area contributed by atoms with Crippen LogP contribution in [-0.4, -0.2) is 33.0 Å². The molecule has 12 heavy (non-hydrogen) atoms. The summed E-state index contributed by atoms with van der Waals surface area (Å²) >= 11 is 3.91. The van der Waals surface area contributed by atoms with Gasteiger partial charge in [-0.05, 0) is 25.9 Å². The van der Waals surface area contributed by atoms with Gasteiger partial charge in [-0.1, -0.05) is 34.4 Å². The van der Waals surface area contributed by atoms with Crippen LogP contribution in [0, 0.1) is 5.41 Å². The lowest BCUT2D eigenvalue weighted by Crippen LogP contribution is -2.34. The Morgan fingerprint density at radius 3 is 2.58 bits per heavy atom. The Morgan fingerprint density at radius 1 is 1.58 bits per heavy atom. The van der Waals surface area contributed by atoms with E-state index in [4.69, 9.17) is 11.1 Å². The minimum Gasteiger partial charge on any atom is -0.379 e. The number of hydrogen-bond acceptors (Lipinski definition) is 3. The van der Waals surface area contributed by atoms with E-state index in [-0.39, 0.29) is 5.17 Å². The molecule has 0 amide bonds. The van der Waals surface area contributed by atoms with E-state index in [9.17, 15) is 0 Å². The monoisotopic (exact) mass is 299 g/mol. The van der Waals surface area contributed by atoms with Crippen molar-refractivity contribution in [3.05, 3.63) is 0 Å². The highest BCUT2D eigenvalue weighted by Gasteiger charge is 2.19. The summed E-state index contributed by atoms with van der Waals surface area (Å²) < 4.78 is 1.12. The maximum absolute atomic E-state index is 7.15. The van der Waals surface area contributed by atoms with Gasteiger partial charge in [-0.3, -0.25) is 10.3 Å². The van der Waals surface area contributed by atoms with Gasteiger partial charge < -0.3 is 5.73 Å². The van der Waals surface area contributed by atoms with Gasteiger partial charge in [0, 0.05) is 5.25 Å². The van der Waals surface area contributed by atoms with Crippen molar-refractivity contribution in [2.24, 2.45) is 5.73 Å². The fourth-order valence-electron chi connectivity index (χ4n) is 1.33. The Balaban J connectivity index is 2.21. The molecule has 1 aliphatic rings. The molecule has 0 atom stereocenters. The van der Waals surface area contributed by atoms with Crippen molar-refractivity contribution in [3.63, 3.8) is 0 Å². The van der Waals surface area contributed by atoms with Crippen molar-refractivity contribution in [3.8, 4) is 0 Å². The van der Waals surface area contributed by atoms with Crippen molar-refractivity contribution in [2.75, 3.05) is 17.6 Å². The molecule has 1 aliphatic heterocycles. The molecule has 0 aromatic heterocycles. The second-order valence-electron chi connectivity index (χ2n) is 2.92. The predicted molar refractivity (Wildman–Crippen MR) is 63.0 cm³/mol. The van der Waals surface area contributed by atoms with E-state index in [2.05, 4.69) is 27.5 Å². The molecule has 70 valence electrons. The first kappa shape index (κ1) is 10.6. The lowest BCUT2D eigenvalue weighted by Gasteiger charge is -2.29. The quantitative estimate of drug-likeness (QED) is 0.267. The second-order valence-corrected chi connectivity index (χ2v) is 4.94. The highest BCUT2D eigenvalue weighted by Crippen LogP contribution is 2.22. The van der Waals surface area contributed by atoms with Crippen LogP contribution in [-0.2, 0) is 0 Å². The third-order valence-electron chi connectivity index (χ3n) is 2.00. The van der Waals surface area contributed by atoms with Crippen LogP contribution >= 0.6 is 34.4 Å². The molecule has 0 radical (unpaired) electrons. The van der Waals surface area contributed by atoms with Crippen molar-refractivity contribution in [1.29, 1.82) is 5.41 Å². The highest BCUT2D eigenvalue weighted by molar-refractivity contribution is 14.1. The zero-order chi connectivity index (χ0) is 8.97. The van der Waals surface area contributed by atoms with Gasteiger partial charge in [-0.15, -0.1) is 0 Å². The summed E-state index contributed by atoms with van der Waals surface area (Å²) in [6, 6.07) is 0. The minimum absolute atomic E-state index is 0.267. The normalized spacial score (nSPS) is 21.1. The number of likely N-dealkylation sites (tertiary alicyclic amines) is 1. The van der Waals surface area contributed by atoms with E-state index in [0.29, 0.717) is 5.25 Å². The van der Waals surface area contributed by atoms with Crippen molar-refractivity contribution >= 4 is 39.5 Å². The summed E-state index contributed by atoms with van der Waals surface area (Å²) in [4.78, 5) is 2.43. The lowest BCUT2D eigenvalue weighted by molar-refractivity contribution is 0.277. The van der Waals surface area contributed by atoms with Crippen LogP contribution in [0.1, 0.15) is 12.8 Å². The average Bonchev–Trinajstić information content (AvgIpc) is 2.05.